The van der Waals surface area contributed by atoms with Gasteiger partial charge in [-0.1, -0.05) is 36.4 Å². The number of halogens is 1. The number of carbonyl (C=O) groups is 2. The van der Waals surface area contributed by atoms with Crippen LogP contribution in [-0.4, -0.2) is 17.2 Å². The first-order valence-corrected chi connectivity index (χ1v) is 7.37. The second-order valence-corrected chi connectivity index (χ2v) is 5.22. The van der Waals surface area contributed by atoms with Gasteiger partial charge in [-0.3, -0.25) is 9.59 Å². The van der Waals surface area contributed by atoms with E-state index in [0.717, 1.165) is 23.5 Å². The van der Waals surface area contributed by atoms with Crippen LogP contribution < -0.4 is 10.5 Å². The second kappa shape index (κ2) is 6.92. The maximum Gasteiger partial charge on any atom is 0.254 e. The summed E-state index contributed by atoms with van der Waals surface area (Å²) in [4.78, 5) is 25.7. The van der Waals surface area contributed by atoms with Crippen molar-refractivity contribution in [2.24, 2.45) is 5.73 Å². The quantitative estimate of drug-likeness (QED) is 0.570. The molecule has 5 nitrogen and oxygen atoms in total. The third-order valence-corrected chi connectivity index (χ3v) is 3.52. The van der Waals surface area contributed by atoms with Gasteiger partial charge in [0.2, 0.25) is 11.8 Å². The Balaban J connectivity index is 1.93. The Morgan fingerprint density at radius 3 is 2.48 bits per heavy atom. The normalized spacial score (nSPS) is 10.3. The molecule has 3 aromatic rings. The second-order valence-electron chi connectivity index (χ2n) is 5.22. The van der Waals surface area contributed by atoms with Crippen LogP contribution in [0.25, 0.3) is 11.1 Å². The van der Waals surface area contributed by atoms with Crippen LogP contribution in [0.3, 0.4) is 0 Å². The highest BCUT2D eigenvalue weighted by Crippen LogP contribution is 2.28. The number of carbonyl (C=O) groups excluding carboxylic acids is 2. The van der Waals surface area contributed by atoms with E-state index in [9.17, 15) is 14.0 Å². The molecule has 0 bridgehead atoms. The van der Waals surface area contributed by atoms with Gasteiger partial charge in [0.05, 0.1) is 0 Å². The maximum absolute atomic E-state index is 13.4. The number of aromatic nitrogens is 1. The van der Waals surface area contributed by atoms with Gasteiger partial charge in [-0.2, -0.15) is 9.37 Å². The van der Waals surface area contributed by atoms with E-state index in [0.29, 0.717) is 11.3 Å². The van der Waals surface area contributed by atoms with Gasteiger partial charge in [0, 0.05) is 5.56 Å². The monoisotopic (exact) mass is 336 g/mol. The molecule has 0 saturated heterocycles. The van der Waals surface area contributed by atoms with Crippen LogP contribution in [0, 0.1) is 5.95 Å². The predicted molar refractivity (Wildman–Crippen MR) is 90.1 cm³/mol. The fourth-order valence-electron chi connectivity index (χ4n) is 2.29. The predicted octanol–water partition coefficient (Wildman–Crippen LogP) is 3.59. The summed E-state index contributed by atoms with van der Waals surface area (Å²) in [7, 11) is 0. The smallest absolute Gasteiger partial charge is 0.254 e. The van der Waals surface area contributed by atoms with Gasteiger partial charge in [-0.15, -0.1) is 0 Å². The summed E-state index contributed by atoms with van der Waals surface area (Å²) in [6.45, 7) is 0. The standard InChI is InChI=1S/C19H13FN2O3/c20-17-9-8-16(18(21)24)19(22-17)25-15-3-1-2-14(10-15)13-6-4-12(11-23)5-7-13/h1-11H,(H2,21,24). The molecule has 0 aliphatic carbocycles. The lowest BCUT2D eigenvalue weighted by atomic mass is 10.0. The van der Waals surface area contributed by atoms with Crippen LogP contribution in [0.2, 0.25) is 0 Å². The van der Waals surface area contributed by atoms with Gasteiger partial charge >= 0.3 is 0 Å². The van der Waals surface area contributed by atoms with Crippen LogP contribution in [0.4, 0.5) is 4.39 Å². The number of hydrogen-bond donors (Lipinski definition) is 1. The van der Waals surface area contributed by atoms with E-state index in [1.807, 2.05) is 6.07 Å². The highest BCUT2D eigenvalue weighted by Gasteiger charge is 2.13. The zero-order valence-electron chi connectivity index (χ0n) is 13.0. The van der Waals surface area contributed by atoms with E-state index in [2.05, 4.69) is 4.98 Å². The average molecular weight is 336 g/mol. The Morgan fingerprint density at radius 1 is 1.04 bits per heavy atom. The summed E-state index contributed by atoms with van der Waals surface area (Å²) in [5.41, 5.74) is 7.52. The number of nitrogens with zero attached hydrogens (tertiary/aromatic N) is 1. The van der Waals surface area contributed by atoms with Crippen molar-refractivity contribution in [1.82, 2.24) is 4.98 Å². The van der Waals surface area contributed by atoms with Crippen molar-refractivity contribution in [2.45, 2.75) is 0 Å². The highest BCUT2D eigenvalue weighted by molar-refractivity contribution is 5.95. The molecule has 0 spiro atoms. The summed E-state index contributed by atoms with van der Waals surface area (Å²) in [5.74, 6) is -1.36. The van der Waals surface area contributed by atoms with Crippen molar-refractivity contribution in [3.8, 4) is 22.8 Å². The zero-order chi connectivity index (χ0) is 17.8. The van der Waals surface area contributed by atoms with E-state index in [1.54, 1.807) is 42.5 Å². The molecule has 6 heteroatoms. The van der Waals surface area contributed by atoms with Crippen LogP contribution in [-0.2, 0) is 0 Å². The molecule has 25 heavy (non-hydrogen) atoms. The molecule has 0 atom stereocenters. The van der Waals surface area contributed by atoms with Crippen molar-refractivity contribution in [3.05, 3.63) is 77.7 Å². The Bertz CT molecular complexity index is 940. The molecule has 0 fully saturated rings. The Kier molecular flexibility index (Phi) is 4.52. The van der Waals surface area contributed by atoms with E-state index >= 15 is 0 Å². The molecule has 2 N–H and O–H groups in total. The third-order valence-electron chi connectivity index (χ3n) is 3.52. The van der Waals surface area contributed by atoms with E-state index in [4.69, 9.17) is 10.5 Å². The first-order chi connectivity index (χ1) is 12.1. The molecule has 0 saturated carbocycles. The minimum Gasteiger partial charge on any atom is -0.438 e. The molecule has 1 heterocycles. The van der Waals surface area contributed by atoms with Crippen LogP contribution in [0.5, 0.6) is 11.6 Å². The third kappa shape index (κ3) is 3.69. The lowest BCUT2D eigenvalue weighted by Crippen LogP contribution is -2.13. The lowest BCUT2D eigenvalue weighted by molar-refractivity contribution is 0.0997. The van der Waals surface area contributed by atoms with E-state index in [-0.39, 0.29) is 11.4 Å². The molecule has 0 unspecified atom stereocenters. The highest BCUT2D eigenvalue weighted by atomic mass is 19.1. The minimum absolute atomic E-state index is 0.0119. The van der Waals surface area contributed by atoms with Crippen molar-refractivity contribution in [2.75, 3.05) is 0 Å². The topological polar surface area (TPSA) is 82.3 Å². The first-order valence-electron chi connectivity index (χ1n) is 7.37. The van der Waals surface area contributed by atoms with Crippen molar-refractivity contribution in [1.29, 1.82) is 0 Å². The number of hydrogen-bond acceptors (Lipinski definition) is 4. The van der Waals surface area contributed by atoms with Crippen LogP contribution in [0.15, 0.2) is 60.7 Å². The van der Waals surface area contributed by atoms with Gasteiger partial charge in [-0.25, -0.2) is 0 Å². The van der Waals surface area contributed by atoms with Gasteiger partial charge in [0.1, 0.15) is 17.6 Å². The van der Waals surface area contributed by atoms with E-state index < -0.39 is 11.9 Å². The maximum atomic E-state index is 13.4. The van der Waals surface area contributed by atoms with Gasteiger partial charge < -0.3 is 10.5 Å². The molecule has 0 radical (unpaired) electrons. The fraction of sp³-hybridized carbons (Fsp3) is 0. The Labute approximate surface area is 142 Å². The molecule has 0 aliphatic heterocycles. The summed E-state index contributed by atoms with van der Waals surface area (Å²) in [6, 6.07) is 16.3. The number of benzene rings is 2. The molecule has 1 aromatic heterocycles. The molecule has 2 aromatic carbocycles. The number of pyridine rings is 1. The zero-order valence-corrected chi connectivity index (χ0v) is 13.0. The van der Waals surface area contributed by atoms with Crippen molar-refractivity contribution < 1.29 is 18.7 Å². The van der Waals surface area contributed by atoms with Crippen LogP contribution in [0.1, 0.15) is 20.7 Å². The van der Waals surface area contributed by atoms with Crippen molar-refractivity contribution in [3.63, 3.8) is 0 Å². The SMILES string of the molecule is NC(=O)c1ccc(F)nc1Oc1cccc(-c2ccc(C=O)cc2)c1. The summed E-state index contributed by atoms with van der Waals surface area (Å²) >= 11 is 0. The lowest BCUT2D eigenvalue weighted by Gasteiger charge is -2.10. The van der Waals surface area contributed by atoms with Gasteiger partial charge in [0.15, 0.2) is 0 Å². The summed E-state index contributed by atoms with van der Waals surface area (Å²) in [5, 5.41) is 0. The van der Waals surface area contributed by atoms with Gasteiger partial charge in [-0.05, 0) is 35.4 Å². The minimum atomic E-state index is -0.777. The molecule has 3 rings (SSSR count). The average Bonchev–Trinajstić information content (AvgIpc) is 2.62. The molecule has 0 aliphatic rings. The van der Waals surface area contributed by atoms with Crippen molar-refractivity contribution >= 4 is 12.2 Å². The molecule has 1 amide bonds. The number of amides is 1. The Hall–Kier alpha value is -3.54. The van der Waals surface area contributed by atoms with Gasteiger partial charge in [0.25, 0.3) is 5.91 Å². The number of aldehydes is 1. The molecule has 124 valence electrons. The number of primary amides is 1. The summed E-state index contributed by atoms with van der Waals surface area (Å²) in [6.07, 6.45) is 0.768. The largest absolute Gasteiger partial charge is 0.438 e. The van der Waals surface area contributed by atoms with Crippen LogP contribution >= 0.6 is 0 Å². The van der Waals surface area contributed by atoms with E-state index in [1.165, 1.54) is 6.07 Å². The number of nitrogens with two attached hydrogens (primary N) is 1. The first kappa shape index (κ1) is 16.3. The molecular formula is C19H13FN2O3. The number of rotatable bonds is 5. The summed E-state index contributed by atoms with van der Waals surface area (Å²) < 4.78 is 18.9. The number of ether oxygens (including phenoxy) is 1. The Morgan fingerprint density at radius 2 is 1.80 bits per heavy atom. The molecular weight excluding hydrogens is 323 g/mol. The fourth-order valence-corrected chi connectivity index (χ4v) is 2.29.